The highest BCUT2D eigenvalue weighted by molar-refractivity contribution is 6.20. The number of primary amides is 1. The fraction of sp³-hybridized carbons (Fsp3) is 0.160. The van der Waals surface area contributed by atoms with E-state index >= 15 is 0 Å². The van der Waals surface area contributed by atoms with Crippen molar-refractivity contribution in [3.8, 4) is 22.6 Å². The summed E-state index contributed by atoms with van der Waals surface area (Å²) in [6.45, 7) is 0.00695. The summed E-state index contributed by atoms with van der Waals surface area (Å²) in [4.78, 5) is 30.4. The summed E-state index contributed by atoms with van der Waals surface area (Å²) in [6.07, 6.45) is 0. The van der Waals surface area contributed by atoms with Gasteiger partial charge in [-0.05, 0) is 47.5 Å². The first-order chi connectivity index (χ1) is 15.4. The van der Waals surface area contributed by atoms with Crippen LogP contribution in [0, 0.1) is 0 Å². The lowest BCUT2D eigenvalue weighted by Crippen LogP contribution is -2.27. The number of anilines is 1. The van der Waals surface area contributed by atoms with Crippen LogP contribution >= 0.6 is 0 Å². The largest absolute Gasteiger partial charge is 0.493 e. The minimum absolute atomic E-state index is 0.00695. The molecule has 1 heterocycles. The van der Waals surface area contributed by atoms with Crippen molar-refractivity contribution in [1.82, 2.24) is 0 Å². The van der Waals surface area contributed by atoms with Crippen LogP contribution in [0.4, 0.5) is 5.69 Å². The molecule has 7 nitrogen and oxygen atoms in total. The van der Waals surface area contributed by atoms with E-state index in [0.717, 1.165) is 27.9 Å². The fourth-order valence-electron chi connectivity index (χ4n) is 3.75. The lowest BCUT2D eigenvalue weighted by atomic mass is 9.94. The van der Waals surface area contributed by atoms with Gasteiger partial charge in [-0.25, -0.2) is 0 Å². The number of nitrogens with zero attached hydrogens (tertiary/aromatic N) is 2. The second kappa shape index (κ2) is 8.55. The van der Waals surface area contributed by atoms with Crippen molar-refractivity contribution in [2.45, 2.75) is 0 Å². The molecular weight excluding hydrogens is 406 g/mol. The van der Waals surface area contributed by atoms with E-state index in [2.05, 4.69) is 4.99 Å². The maximum Gasteiger partial charge on any atom is 0.248 e. The molecule has 1 aliphatic heterocycles. The van der Waals surface area contributed by atoms with E-state index in [1.165, 1.54) is 0 Å². The molecule has 0 fully saturated rings. The van der Waals surface area contributed by atoms with Gasteiger partial charge in [-0.15, -0.1) is 0 Å². The Morgan fingerprint density at radius 2 is 1.66 bits per heavy atom. The molecule has 0 atom stereocenters. The van der Waals surface area contributed by atoms with Crippen LogP contribution in [0.1, 0.15) is 21.5 Å². The maximum atomic E-state index is 12.6. The molecular formula is C25H23N3O4. The summed E-state index contributed by atoms with van der Waals surface area (Å²) in [5, 5.41) is 0. The summed E-state index contributed by atoms with van der Waals surface area (Å²) >= 11 is 0. The van der Waals surface area contributed by atoms with Gasteiger partial charge in [0.2, 0.25) is 11.8 Å². The number of carbonyl (C=O) groups excluding carboxylic acids is 2. The molecule has 32 heavy (non-hydrogen) atoms. The van der Waals surface area contributed by atoms with E-state index in [4.69, 9.17) is 15.2 Å². The molecule has 0 aliphatic carbocycles. The van der Waals surface area contributed by atoms with Gasteiger partial charge in [-0.3, -0.25) is 14.6 Å². The van der Waals surface area contributed by atoms with Gasteiger partial charge in [-0.2, -0.15) is 0 Å². The van der Waals surface area contributed by atoms with Crippen molar-refractivity contribution in [3.05, 3.63) is 77.4 Å². The zero-order chi connectivity index (χ0) is 22.8. The Bertz CT molecular complexity index is 1250. The molecule has 3 aromatic carbocycles. The highest BCUT2D eigenvalue weighted by atomic mass is 16.5. The number of fused-ring (bicyclic) bond motifs is 1. The van der Waals surface area contributed by atoms with Gasteiger partial charge in [0, 0.05) is 23.7 Å². The normalized spacial score (nSPS) is 13.2. The highest BCUT2D eigenvalue weighted by Gasteiger charge is 2.23. The number of methoxy groups -OCH3 is 2. The molecule has 0 unspecified atom stereocenters. The number of rotatable bonds is 5. The lowest BCUT2D eigenvalue weighted by molar-refractivity contribution is -0.116. The van der Waals surface area contributed by atoms with Crippen LogP contribution in [0.2, 0.25) is 0 Å². The van der Waals surface area contributed by atoms with Crippen LogP contribution in [0.25, 0.3) is 11.1 Å². The smallest absolute Gasteiger partial charge is 0.248 e. The van der Waals surface area contributed by atoms with Gasteiger partial charge in [-0.1, -0.05) is 24.3 Å². The van der Waals surface area contributed by atoms with Crippen LogP contribution < -0.4 is 20.1 Å². The Morgan fingerprint density at radius 3 is 2.38 bits per heavy atom. The second-order valence-corrected chi connectivity index (χ2v) is 7.36. The Labute approximate surface area is 186 Å². The monoisotopic (exact) mass is 429 g/mol. The van der Waals surface area contributed by atoms with Gasteiger partial charge in [0.1, 0.15) is 6.54 Å². The van der Waals surface area contributed by atoms with Crippen molar-refractivity contribution < 1.29 is 19.1 Å². The number of hydrogen-bond acceptors (Lipinski definition) is 5. The number of hydrogen-bond donors (Lipinski definition) is 1. The van der Waals surface area contributed by atoms with Gasteiger partial charge < -0.3 is 20.1 Å². The number of likely N-dealkylation sites (N-methyl/N-ethyl adjacent to an activating group) is 1. The summed E-state index contributed by atoms with van der Waals surface area (Å²) in [5.41, 5.74) is 10.6. The minimum atomic E-state index is -0.520. The SMILES string of the molecule is COc1ccc(-c2ccc3c(c2)C(c2cccc(C(N)=O)c2)=NCC(=O)N3C)cc1OC. The van der Waals surface area contributed by atoms with Crippen molar-refractivity contribution in [3.63, 3.8) is 0 Å². The van der Waals surface area contributed by atoms with E-state index in [0.29, 0.717) is 22.8 Å². The molecule has 0 spiro atoms. The number of carbonyl (C=O) groups is 2. The minimum Gasteiger partial charge on any atom is -0.493 e. The predicted molar refractivity (Wildman–Crippen MR) is 124 cm³/mol. The zero-order valence-corrected chi connectivity index (χ0v) is 18.1. The number of nitrogens with two attached hydrogens (primary N) is 1. The number of ether oxygens (including phenoxy) is 2. The second-order valence-electron chi connectivity index (χ2n) is 7.36. The van der Waals surface area contributed by atoms with Gasteiger partial charge in [0.15, 0.2) is 11.5 Å². The van der Waals surface area contributed by atoms with E-state index < -0.39 is 5.91 Å². The number of amides is 2. The summed E-state index contributed by atoms with van der Waals surface area (Å²) in [6, 6.07) is 18.5. The molecule has 0 bridgehead atoms. The quantitative estimate of drug-likeness (QED) is 0.673. The van der Waals surface area contributed by atoms with Crippen LogP contribution in [0.15, 0.2) is 65.7 Å². The maximum absolute atomic E-state index is 12.6. The van der Waals surface area contributed by atoms with E-state index in [1.54, 1.807) is 44.4 Å². The molecule has 0 radical (unpaired) electrons. The van der Waals surface area contributed by atoms with Gasteiger partial charge >= 0.3 is 0 Å². The van der Waals surface area contributed by atoms with E-state index in [-0.39, 0.29) is 12.5 Å². The third kappa shape index (κ3) is 3.80. The Hall–Kier alpha value is -4.13. The number of benzodiazepines with no additional fused rings is 1. The third-order valence-electron chi connectivity index (χ3n) is 5.50. The number of aliphatic imine (C=N–C) groups is 1. The average Bonchev–Trinajstić information content (AvgIpc) is 2.94. The molecule has 162 valence electrons. The highest BCUT2D eigenvalue weighted by Crippen LogP contribution is 2.35. The standard InChI is InChI=1S/C25H23N3O4/c1-28-20-9-7-15(16-8-10-21(31-2)22(13-16)32-3)12-19(20)24(27-14-23(28)29)17-5-4-6-18(11-17)25(26)30/h4-13H,14H2,1-3H3,(H2,26,30). The van der Waals surface area contributed by atoms with Crippen LogP contribution in [0.5, 0.6) is 11.5 Å². The molecule has 2 amide bonds. The van der Waals surface area contributed by atoms with Gasteiger partial charge in [0.05, 0.1) is 25.6 Å². The van der Waals surface area contributed by atoms with Crippen molar-refractivity contribution in [2.24, 2.45) is 10.7 Å². The van der Waals surface area contributed by atoms with Crippen LogP contribution in [-0.4, -0.2) is 45.3 Å². The average molecular weight is 429 g/mol. The topological polar surface area (TPSA) is 94.2 Å². The first-order valence-electron chi connectivity index (χ1n) is 10.0. The molecule has 0 aromatic heterocycles. The Morgan fingerprint density at radius 1 is 0.938 bits per heavy atom. The summed E-state index contributed by atoms with van der Waals surface area (Å²) in [5.74, 6) is 0.622. The Balaban J connectivity index is 1.89. The predicted octanol–water partition coefficient (Wildman–Crippen LogP) is 3.28. The van der Waals surface area contributed by atoms with Crippen molar-refractivity contribution in [1.29, 1.82) is 0 Å². The van der Waals surface area contributed by atoms with Crippen LogP contribution in [0.3, 0.4) is 0 Å². The van der Waals surface area contributed by atoms with Crippen molar-refractivity contribution >= 4 is 23.2 Å². The molecule has 1 aliphatic rings. The zero-order valence-electron chi connectivity index (χ0n) is 18.1. The number of benzene rings is 3. The first-order valence-corrected chi connectivity index (χ1v) is 10.0. The Kier molecular flexibility index (Phi) is 5.64. The van der Waals surface area contributed by atoms with Gasteiger partial charge in [0.25, 0.3) is 0 Å². The van der Waals surface area contributed by atoms with E-state index in [1.807, 2.05) is 42.5 Å². The molecule has 4 rings (SSSR count). The molecule has 0 saturated heterocycles. The van der Waals surface area contributed by atoms with E-state index in [9.17, 15) is 9.59 Å². The molecule has 3 aromatic rings. The van der Waals surface area contributed by atoms with Crippen molar-refractivity contribution in [2.75, 3.05) is 32.7 Å². The summed E-state index contributed by atoms with van der Waals surface area (Å²) in [7, 11) is 4.92. The molecule has 7 heteroatoms. The third-order valence-corrected chi connectivity index (χ3v) is 5.50. The molecule has 2 N–H and O–H groups in total. The lowest BCUT2D eigenvalue weighted by Gasteiger charge is -2.19. The summed E-state index contributed by atoms with van der Waals surface area (Å²) < 4.78 is 10.8. The first kappa shape index (κ1) is 21.1. The molecule has 0 saturated carbocycles. The van der Waals surface area contributed by atoms with Crippen LogP contribution in [-0.2, 0) is 4.79 Å². The fourth-order valence-corrected chi connectivity index (χ4v) is 3.75.